The number of nitrogens with zero attached hydrogens (tertiary/aromatic N) is 2. The fourth-order valence-electron chi connectivity index (χ4n) is 3.13. The summed E-state index contributed by atoms with van der Waals surface area (Å²) in [6.45, 7) is 2.25. The lowest BCUT2D eigenvalue weighted by molar-refractivity contribution is 0.0697. The molecule has 2 aromatic rings. The van der Waals surface area contributed by atoms with Crippen LogP contribution in [0.25, 0.3) is 11.4 Å². The second-order valence-electron chi connectivity index (χ2n) is 6.84. The molecule has 0 amide bonds. The minimum absolute atomic E-state index is 0.235. The Morgan fingerprint density at radius 2 is 1.46 bits per heavy atom. The Hall–Kier alpha value is -2.23. The summed E-state index contributed by atoms with van der Waals surface area (Å²) < 4.78 is 0. The van der Waals surface area contributed by atoms with Crippen molar-refractivity contribution < 1.29 is 9.90 Å². The zero-order valence-electron chi connectivity index (χ0n) is 15.8. The molecule has 0 bridgehead atoms. The zero-order chi connectivity index (χ0) is 18.6. The van der Waals surface area contributed by atoms with Crippen LogP contribution in [-0.2, 0) is 6.42 Å². The van der Waals surface area contributed by atoms with E-state index in [2.05, 4.69) is 16.9 Å². The highest BCUT2D eigenvalue weighted by Gasteiger charge is 2.12. The summed E-state index contributed by atoms with van der Waals surface area (Å²) in [5, 5.41) is 9.27. The average Bonchev–Trinajstić information content (AvgIpc) is 2.67. The quantitative estimate of drug-likeness (QED) is 0.481. The number of rotatable bonds is 12. The summed E-state index contributed by atoms with van der Waals surface area (Å²) in [6.07, 6.45) is 16.5. The van der Waals surface area contributed by atoms with E-state index in [9.17, 15) is 9.90 Å². The topological polar surface area (TPSA) is 63.1 Å². The lowest BCUT2D eigenvalue weighted by Crippen LogP contribution is -2.01. The molecular formula is C22H30N2O2. The maximum Gasteiger partial charge on any atom is 0.336 e. The Kier molecular flexibility index (Phi) is 8.81. The molecule has 0 atom stereocenters. The summed E-state index contributed by atoms with van der Waals surface area (Å²) >= 11 is 0. The highest BCUT2D eigenvalue weighted by atomic mass is 16.4. The Labute approximate surface area is 156 Å². The van der Waals surface area contributed by atoms with Crippen LogP contribution in [0.2, 0.25) is 0 Å². The van der Waals surface area contributed by atoms with Gasteiger partial charge in [0, 0.05) is 18.0 Å². The van der Waals surface area contributed by atoms with Gasteiger partial charge in [0.2, 0.25) is 0 Å². The average molecular weight is 354 g/mol. The third-order valence-electron chi connectivity index (χ3n) is 4.67. The van der Waals surface area contributed by atoms with Crippen molar-refractivity contribution in [2.45, 2.75) is 71.1 Å². The molecule has 26 heavy (non-hydrogen) atoms. The predicted molar refractivity (Wildman–Crippen MR) is 105 cm³/mol. The number of unbranched alkanes of at least 4 members (excludes halogenated alkanes) is 8. The molecule has 0 aliphatic carbocycles. The molecule has 0 radical (unpaired) electrons. The van der Waals surface area contributed by atoms with E-state index in [0.29, 0.717) is 11.4 Å². The van der Waals surface area contributed by atoms with E-state index in [1.54, 1.807) is 24.3 Å². The number of aromatic nitrogens is 2. The third kappa shape index (κ3) is 6.58. The number of carbonyl (C=O) groups is 1. The molecule has 1 N–H and O–H groups in total. The van der Waals surface area contributed by atoms with Crippen LogP contribution >= 0.6 is 0 Å². The monoisotopic (exact) mass is 354 g/mol. The first-order valence-corrected chi connectivity index (χ1v) is 9.86. The molecule has 0 spiro atoms. The van der Waals surface area contributed by atoms with Crippen LogP contribution in [0.1, 0.15) is 80.6 Å². The second-order valence-corrected chi connectivity index (χ2v) is 6.84. The summed E-state index contributed by atoms with van der Waals surface area (Å²) in [5.41, 5.74) is 1.92. The van der Waals surface area contributed by atoms with Crippen molar-refractivity contribution in [3.8, 4) is 11.4 Å². The fraction of sp³-hybridized carbons (Fsp3) is 0.500. The standard InChI is InChI=1S/C22H30N2O2/c1-2-3-4-5-6-7-8-9-10-13-18-16-23-21(24-17-18)19-14-11-12-15-20(19)22(25)26/h11-12,14-17H,2-10,13H2,1H3,(H,25,26). The van der Waals surface area contributed by atoms with E-state index in [1.165, 1.54) is 51.4 Å². The number of aromatic carboxylic acids is 1. The Morgan fingerprint density at radius 1 is 0.885 bits per heavy atom. The maximum absolute atomic E-state index is 11.3. The van der Waals surface area contributed by atoms with Gasteiger partial charge in [0.05, 0.1) is 5.56 Å². The van der Waals surface area contributed by atoms with Crippen LogP contribution in [-0.4, -0.2) is 21.0 Å². The third-order valence-corrected chi connectivity index (χ3v) is 4.67. The largest absolute Gasteiger partial charge is 0.478 e. The summed E-state index contributed by atoms with van der Waals surface area (Å²) in [5.74, 6) is -0.484. The number of benzene rings is 1. The summed E-state index contributed by atoms with van der Waals surface area (Å²) in [7, 11) is 0. The van der Waals surface area contributed by atoms with Crippen molar-refractivity contribution in [1.82, 2.24) is 9.97 Å². The van der Waals surface area contributed by atoms with Crippen molar-refractivity contribution in [2.24, 2.45) is 0 Å². The first kappa shape index (κ1) is 20.1. The first-order valence-electron chi connectivity index (χ1n) is 9.86. The van der Waals surface area contributed by atoms with E-state index in [-0.39, 0.29) is 5.56 Å². The van der Waals surface area contributed by atoms with Crippen LogP contribution in [0, 0.1) is 0 Å². The lowest BCUT2D eigenvalue weighted by atomic mass is 10.0. The van der Waals surface area contributed by atoms with Crippen LogP contribution in [0.3, 0.4) is 0 Å². The van der Waals surface area contributed by atoms with Crippen LogP contribution in [0.5, 0.6) is 0 Å². The second kappa shape index (κ2) is 11.4. The van der Waals surface area contributed by atoms with Gasteiger partial charge in [-0.2, -0.15) is 0 Å². The van der Waals surface area contributed by atoms with E-state index in [4.69, 9.17) is 0 Å². The van der Waals surface area contributed by atoms with E-state index >= 15 is 0 Å². The number of carboxylic acid groups (broad SMARTS) is 1. The summed E-state index contributed by atoms with van der Waals surface area (Å²) in [4.78, 5) is 20.1. The van der Waals surface area contributed by atoms with Gasteiger partial charge in [-0.05, 0) is 24.5 Å². The fourth-order valence-corrected chi connectivity index (χ4v) is 3.13. The highest BCUT2D eigenvalue weighted by Crippen LogP contribution is 2.20. The smallest absolute Gasteiger partial charge is 0.336 e. The van der Waals surface area contributed by atoms with E-state index in [0.717, 1.165) is 18.4 Å². The van der Waals surface area contributed by atoms with Crippen molar-refractivity contribution in [3.63, 3.8) is 0 Å². The Morgan fingerprint density at radius 3 is 2.08 bits per heavy atom. The van der Waals surface area contributed by atoms with Crippen LogP contribution in [0.4, 0.5) is 0 Å². The normalized spacial score (nSPS) is 10.8. The maximum atomic E-state index is 11.3. The van der Waals surface area contributed by atoms with Gasteiger partial charge in [-0.15, -0.1) is 0 Å². The van der Waals surface area contributed by atoms with Gasteiger partial charge in [0.25, 0.3) is 0 Å². The van der Waals surface area contributed by atoms with Crippen molar-refractivity contribution in [2.75, 3.05) is 0 Å². The molecule has 140 valence electrons. The molecule has 0 aliphatic heterocycles. The molecule has 0 saturated heterocycles. The van der Waals surface area contributed by atoms with Crippen molar-refractivity contribution >= 4 is 5.97 Å². The van der Waals surface area contributed by atoms with Crippen molar-refractivity contribution in [1.29, 1.82) is 0 Å². The molecule has 0 fully saturated rings. The number of aryl methyl sites for hydroxylation is 1. The van der Waals surface area contributed by atoms with Gasteiger partial charge >= 0.3 is 5.97 Å². The van der Waals surface area contributed by atoms with Gasteiger partial charge in [-0.3, -0.25) is 0 Å². The minimum atomic E-state index is -0.956. The Bertz CT molecular complexity index is 668. The highest BCUT2D eigenvalue weighted by molar-refractivity contribution is 5.94. The molecule has 4 nitrogen and oxygen atoms in total. The lowest BCUT2D eigenvalue weighted by Gasteiger charge is -2.06. The molecular weight excluding hydrogens is 324 g/mol. The van der Waals surface area contributed by atoms with Gasteiger partial charge in [-0.1, -0.05) is 76.5 Å². The first-order chi connectivity index (χ1) is 12.7. The molecule has 0 unspecified atom stereocenters. The molecule has 4 heteroatoms. The molecule has 1 aromatic heterocycles. The minimum Gasteiger partial charge on any atom is -0.478 e. The zero-order valence-corrected chi connectivity index (χ0v) is 15.8. The molecule has 1 aromatic carbocycles. The van der Waals surface area contributed by atoms with Crippen LogP contribution < -0.4 is 0 Å². The van der Waals surface area contributed by atoms with Gasteiger partial charge in [0.15, 0.2) is 5.82 Å². The van der Waals surface area contributed by atoms with E-state index in [1.807, 2.05) is 12.4 Å². The summed E-state index contributed by atoms with van der Waals surface area (Å²) in [6, 6.07) is 6.85. The molecule has 0 aliphatic rings. The number of carboxylic acids is 1. The molecule has 1 heterocycles. The van der Waals surface area contributed by atoms with Gasteiger partial charge < -0.3 is 5.11 Å². The van der Waals surface area contributed by atoms with Crippen molar-refractivity contribution in [3.05, 3.63) is 47.8 Å². The predicted octanol–water partition coefficient (Wildman–Crippen LogP) is 5.92. The number of hydrogen-bond donors (Lipinski definition) is 1. The van der Waals surface area contributed by atoms with Crippen LogP contribution in [0.15, 0.2) is 36.7 Å². The van der Waals surface area contributed by atoms with Gasteiger partial charge in [0.1, 0.15) is 0 Å². The molecule has 2 rings (SSSR count). The Balaban J connectivity index is 1.74. The molecule has 0 saturated carbocycles. The number of hydrogen-bond acceptors (Lipinski definition) is 3. The SMILES string of the molecule is CCCCCCCCCCCc1cnc(-c2ccccc2C(=O)O)nc1. The van der Waals surface area contributed by atoms with E-state index < -0.39 is 5.97 Å². The van der Waals surface area contributed by atoms with Gasteiger partial charge in [-0.25, -0.2) is 14.8 Å².